The Hall–Kier alpha value is -2.89. The molecule has 11 heteroatoms. The van der Waals surface area contributed by atoms with E-state index in [-0.39, 0.29) is 23.7 Å². The summed E-state index contributed by atoms with van der Waals surface area (Å²) in [6.07, 6.45) is 2.68. The number of hydrogen-bond acceptors (Lipinski definition) is 8. The molecule has 1 saturated heterocycles. The maximum Gasteiger partial charge on any atom is 0.359 e. The SMILES string of the molecule is Cc1cnc(C(=O)OCC(=O)Nc2cc(S(=O)(=O)N3CCOCC3)ccc2C)cn1. The highest BCUT2D eigenvalue weighted by Gasteiger charge is 2.27. The number of carbonyl (C=O) groups excluding carboxylic acids is 2. The standard InChI is InChI=1S/C19H22N4O6S/c1-13-3-4-15(30(26,27)23-5-7-28-8-6-23)9-16(13)22-18(24)12-29-19(25)17-11-20-14(2)10-21-17/h3-4,9-11H,5-8,12H2,1-2H3,(H,22,24). The van der Waals surface area contributed by atoms with Gasteiger partial charge in [-0.2, -0.15) is 4.31 Å². The van der Waals surface area contributed by atoms with Gasteiger partial charge in [-0.25, -0.2) is 18.2 Å². The van der Waals surface area contributed by atoms with Crippen LogP contribution in [0.4, 0.5) is 5.69 Å². The number of esters is 1. The highest BCUT2D eigenvalue weighted by Crippen LogP contribution is 2.23. The van der Waals surface area contributed by atoms with Crippen molar-refractivity contribution < 1.29 is 27.5 Å². The van der Waals surface area contributed by atoms with Crippen LogP contribution in [0, 0.1) is 13.8 Å². The zero-order chi connectivity index (χ0) is 21.7. The molecule has 3 rings (SSSR count). The summed E-state index contributed by atoms with van der Waals surface area (Å²) in [5.41, 5.74) is 1.62. The van der Waals surface area contributed by atoms with Crippen molar-refractivity contribution in [3.63, 3.8) is 0 Å². The molecule has 1 fully saturated rings. The molecule has 1 amide bonds. The van der Waals surface area contributed by atoms with Gasteiger partial charge in [0.05, 0.1) is 30.0 Å². The average Bonchev–Trinajstić information content (AvgIpc) is 2.74. The highest BCUT2D eigenvalue weighted by atomic mass is 32.2. The van der Waals surface area contributed by atoms with Gasteiger partial charge in [0, 0.05) is 25.0 Å². The number of carbonyl (C=O) groups is 2. The van der Waals surface area contributed by atoms with Gasteiger partial charge in [-0.15, -0.1) is 0 Å². The molecule has 0 spiro atoms. The van der Waals surface area contributed by atoms with E-state index in [1.54, 1.807) is 19.9 Å². The van der Waals surface area contributed by atoms with Gasteiger partial charge in [0.1, 0.15) is 0 Å². The summed E-state index contributed by atoms with van der Waals surface area (Å²) < 4.78 is 37.1. The molecule has 0 unspecified atom stereocenters. The first-order valence-electron chi connectivity index (χ1n) is 9.21. The van der Waals surface area contributed by atoms with Crippen LogP contribution in [0.5, 0.6) is 0 Å². The van der Waals surface area contributed by atoms with E-state index in [0.29, 0.717) is 30.2 Å². The van der Waals surface area contributed by atoms with Crippen molar-refractivity contribution in [3.8, 4) is 0 Å². The van der Waals surface area contributed by atoms with Crippen LogP contribution < -0.4 is 5.32 Å². The second-order valence-corrected chi connectivity index (χ2v) is 8.60. The second-order valence-electron chi connectivity index (χ2n) is 6.66. The smallest absolute Gasteiger partial charge is 0.359 e. The van der Waals surface area contributed by atoms with Crippen LogP contribution in [0.25, 0.3) is 0 Å². The number of nitrogens with one attached hydrogen (secondary N) is 1. The number of aryl methyl sites for hydroxylation is 2. The van der Waals surface area contributed by atoms with Crippen molar-refractivity contribution in [1.29, 1.82) is 0 Å². The Balaban J connectivity index is 1.65. The summed E-state index contributed by atoms with van der Waals surface area (Å²) >= 11 is 0. The maximum atomic E-state index is 12.8. The largest absolute Gasteiger partial charge is 0.451 e. The lowest BCUT2D eigenvalue weighted by molar-refractivity contribution is -0.119. The van der Waals surface area contributed by atoms with Crippen LogP contribution in [0.2, 0.25) is 0 Å². The summed E-state index contributed by atoms with van der Waals surface area (Å²) in [7, 11) is -3.70. The number of hydrogen-bond donors (Lipinski definition) is 1. The molecule has 0 aliphatic carbocycles. The monoisotopic (exact) mass is 434 g/mol. The Morgan fingerprint density at radius 2 is 1.90 bits per heavy atom. The number of morpholine rings is 1. The van der Waals surface area contributed by atoms with Gasteiger partial charge >= 0.3 is 5.97 Å². The quantitative estimate of drug-likeness (QED) is 0.665. The van der Waals surface area contributed by atoms with E-state index in [2.05, 4.69) is 15.3 Å². The van der Waals surface area contributed by atoms with E-state index in [4.69, 9.17) is 9.47 Å². The lowest BCUT2D eigenvalue weighted by atomic mass is 10.2. The minimum atomic E-state index is -3.70. The van der Waals surface area contributed by atoms with Gasteiger partial charge in [0.15, 0.2) is 12.3 Å². The van der Waals surface area contributed by atoms with Crippen LogP contribution in [-0.4, -0.2) is 67.5 Å². The van der Waals surface area contributed by atoms with Crippen molar-refractivity contribution in [2.24, 2.45) is 0 Å². The molecule has 1 aromatic heterocycles. The predicted molar refractivity (Wildman–Crippen MR) is 106 cm³/mol. The topological polar surface area (TPSA) is 128 Å². The third kappa shape index (κ3) is 5.17. The third-order valence-electron chi connectivity index (χ3n) is 4.42. The van der Waals surface area contributed by atoms with Crippen LogP contribution >= 0.6 is 0 Å². The van der Waals surface area contributed by atoms with E-state index >= 15 is 0 Å². The number of aromatic nitrogens is 2. The number of anilines is 1. The normalized spacial score (nSPS) is 14.9. The van der Waals surface area contributed by atoms with Crippen molar-refractivity contribution in [1.82, 2.24) is 14.3 Å². The highest BCUT2D eigenvalue weighted by molar-refractivity contribution is 7.89. The second kappa shape index (κ2) is 9.28. The summed E-state index contributed by atoms with van der Waals surface area (Å²) in [4.78, 5) is 32.1. The molecule has 2 heterocycles. The molecule has 2 aromatic rings. The van der Waals surface area contributed by atoms with Gasteiger partial charge in [0.25, 0.3) is 5.91 Å². The molecule has 160 valence electrons. The van der Waals surface area contributed by atoms with Gasteiger partial charge in [-0.05, 0) is 31.5 Å². The number of nitrogens with zero attached hydrogens (tertiary/aromatic N) is 3. The van der Waals surface area contributed by atoms with Gasteiger partial charge < -0.3 is 14.8 Å². The Bertz CT molecular complexity index is 1030. The van der Waals surface area contributed by atoms with E-state index in [1.807, 2.05) is 0 Å². The Labute approximate surface area is 174 Å². The summed E-state index contributed by atoms with van der Waals surface area (Å²) in [5, 5.41) is 2.58. The molecule has 0 saturated carbocycles. The Kier molecular flexibility index (Phi) is 6.75. The summed E-state index contributed by atoms with van der Waals surface area (Å²) in [6.45, 7) is 4.14. The first-order chi connectivity index (χ1) is 14.3. The fourth-order valence-electron chi connectivity index (χ4n) is 2.72. The molecular formula is C19H22N4O6S. The molecule has 0 bridgehead atoms. The Morgan fingerprint density at radius 3 is 2.57 bits per heavy atom. The minimum absolute atomic E-state index is 0.0109. The molecule has 1 N–H and O–H groups in total. The first-order valence-corrected chi connectivity index (χ1v) is 10.7. The van der Waals surface area contributed by atoms with Crippen LogP contribution in [-0.2, 0) is 24.3 Å². The van der Waals surface area contributed by atoms with Crippen molar-refractivity contribution in [2.45, 2.75) is 18.7 Å². The number of ether oxygens (including phenoxy) is 2. The number of sulfonamides is 1. The van der Waals surface area contributed by atoms with Gasteiger partial charge in [-0.3, -0.25) is 9.78 Å². The van der Waals surface area contributed by atoms with Crippen LogP contribution in [0.15, 0.2) is 35.5 Å². The van der Waals surface area contributed by atoms with Crippen molar-refractivity contribution in [2.75, 3.05) is 38.2 Å². The fraction of sp³-hybridized carbons (Fsp3) is 0.368. The fourth-order valence-corrected chi connectivity index (χ4v) is 4.16. The zero-order valence-electron chi connectivity index (χ0n) is 16.6. The third-order valence-corrected chi connectivity index (χ3v) is 6.31. The summed E-state index contributed by atoms with van der Waals surface area (Å²) in [6, 6.07) is 4.49. The number of amides is 1. The first kappa shape index (κ1) is 21.8. The van der Waals surface area contributed by atoms with E-state index in [0.717, 1.165) is 0 Å². The van der Waals surface area contributed by atoms with Gasteiger partial charge in [0.2, 0.25) is 10.0 Å². The molecule has 30 heavy (non-hydrogen) atoms. The van der Waals surface area contributed by atoms with E-state index in [9.17, 15) is 18.0 Å². The van der Waals surface area contributed by atoms with Crippen LogP contribution in [0.1, 0.15) is 21.7 Å². The predicted octanol–water partition coefficient (Wildman–Crippen LogP) is 0.910. The molecule has 1 aliphatic heterocycles. The number of rotatable bonds is 6. The maximum absolute atomic E-state index is 12.8. The average molecular weight is 434 g/mol. The molecule has 1 aromatic carbocycles. The summed E-state index contributed by atoms with van der Waals surface area (Å²) in [5.74, 6) is -1.38. The van der Waals surface area contributed by atoms with E-state index in [1.165, 1.54) is 28.8 Å². The lowest BCUT2D eigenvalue weighted by Crippen LogP contribution is -2.40. The number of benzene rings is 1. The molecular weight excluding hydrogens is 412 g/mol. The minimum Gasteiger partial charge on any atom is -0.451 e. The van der Waals surface area contributed by atoms with Gasteiger partial charge in [-0.1, -0.05) is 6.07 Å². The molecule has 1 aliphatic rings. The van der Waals surface area contributed by atoms with E-state index < -0.39 is 28.5 Å². The van der Waals surface area contributed by atoms with Crippen LogP contribution in [0.3, 0.4) is 0 Å². The molecule has 0 atom stereocenters. The molecule has 0 radical (unpaired) electrons. The molecule has 10 nitrogen and oxygen atoms in total. The van der Waals surface area contributed by atoms with Crippen molar-refractivity contribution >= 4 is 27.6 Å². The Morgan fingerprint density at radius 1 is 1.17 bits per heavy atom. The zero-order valence-corrected chi connectivity index (χ0v) is 17.4. The van der Waals surface area contributed by atoms with Crippen molar-refractivity contribution in [3.05, 3.63) is 47.5 Å². The lowest BCUT2D eigenvalue weighted by Gasteiger charge is -2.26.